The Morgan fingerprint density at radius 3 is 2.56 bits per heavy atom. The van der Waals surface area contributed by atoms with Crippen LogP contribution in [0, 0.1) is 23.2 Å². The quantitative estimate of drug-likeness (QED) is 0.248. The number of nitrogens with one attached hydrogen (secondary N) is 1. The Morgan fingerprint density at radius 1 is 1.14 bits per heavy atom. The molecule has 3 aromatic carbocycles. The number of carbonyl (C=O) groups is 1. The van der Waals surface area contributed by atoms with E-state index in [1.165, 1.54) is 6.08 Å². The Kier molecular flexibility index (Phi) is 6.09. The lowest BCUT2D eigenvalue weighted by Crippen LogP contribution is -2.00. The van der Waals surface area contributed by atoms with E-state index in [9.17, 15) is 14.4 Å². The SMILES string of the molecule is COc1ccc(/C(=C(\c2ccc(/C=C/C(=O)O)cc2)c2ccc3[nH]nc(F)c3c2)C2CC2)c(C#N)c1. The molecule has 1 fully saturated rings. The number of benzene rings is 3. The number of nitriles is 1. The van der Waals surface area contributed by atoms with Gasteiger partial charge in [0, 0.05) is 6.08 Å². The topological polar surface area (TPSA) is 99.0 Å². The summed E-state index contributed by atoms with van der Waals surface area (Å²) in [4.78, 5) is 10.9. The Balaban J connectivity index is 1.77. The number of carboxylic acids is 1. The highest BCUT2D eigenvalue weighted by Crippen LogP contribution is 2.49. The Labute approximate surface area is 207 Å². The number of carboxylic acid groups (broad SMARTS) is 1. The Bertz CT molecular complexity index is 1570. The molecule has 6 nitrogen and oxygen atoms in total. The molecule has 178 valence electrons. The van der Waals surface area contributed by atoms with E-state index < -0.39 is 11.9 Å². The Morgan fingerprint density at radius 2 is 1.89 bits per heavy atom. The van der Waals surface area contributed by atoms with Crippen LogP contribution in [-0.2, 0) is 4.79 Å². The predicted octanol–water partition coefficient (Wildman–Crippen LogP) is 6.05. The lowest BCUT2D eigenvalue weighted by atomic mass is 9.85. The van der Waals surface area contributed by atoms with E-state index in [4.69, 9.17) is 9.84 Å². The van der Waals surface area contributed by atoms with Gasteiger partial charge in [0.1, 0.15) is 5.75 Å². The van der Waals surface area contributed by atoms with Gasteiger partial charge in [-0.1, -0.05) is 30.3 Å². The van der Waals surface area contributed by atoms with E-state index in [0.717, 1.165) is 52.3 Å². The van der Waals surface area contributed by atoms with Crippen LogP contribution in [0.15, 0.2) is 66.7 Å². The van der Waals surface area contributed by atoms with Crippen molar-refractivity contribution in [2.75, 3.05) is 7.11 Å². The molecular formula is C29H22FN3O3. The molecule has 1 aliphatic carbocycles. The molecule has 0 unspecified atom stereocenters. The number of aromatic nitrogens is 2. The first-order valence-corrected chi connectivity index (χ1v) is 11.5. The van der Waals surface area contributed by atoms with Crippen molar-refractivity contribution < 1.29 is 19.0 Å². The van der Waals surface area contributed by atoms with Gasteiger partial charge in [0.05, 0.1) is 29.6 Å². The molecule has 4 aromatic rings. The third kappa shape index (κ3) is 4.49. The summed E-state index contributed by atoms with van der Waals surface area (Å²) in [5.74, 6) is -0.745. The fourth-order valence-electron chi connectivity index (χ4n) is 4.45. The second-order valence-corrected chi connectivity index (χ2v) is 8.65. The summed E-state index contributed by atoms with van der Waals surface area (Å²) in [6.45, 7) is 0. The van der Waals surface area contributed by atoms with Gasteiger partial charge in [0.2, 0.25) is 5.95 Å². The van der Waals surface area contributed by atoms with Crippen LogP contribution in [0.25, 0.3) is 28.1 Å². The summed E-state index contributed by atoms with van der Waals surface area (Å²) in [6, 6.07) is 20.8. The molecule has 0 spiro atoms. The van der Waals surface area contributed by atoms with E-state index >= 15 is 0 Å². The standard InChI is InChI=1S/C29H22FN3O3/c1-36-22-10-11-23(21(14-22)16-31)28(19-7-8-19)27(18-5-2-17(3-6-18)4-13-26(34)35)20-9-12-25-24(15-20)29(30)33-32-25/h2-6,9-15,19H,7-8H2,1H3,(H,32,33)(H,34,35)/b13-4+,28-27+. The maximum Gasteiger partial charge on any atom is 0.328 e. The minimum absolute atomic E-state index is 0.247. The van der Waals surface area contributed by atoms with Gasteiger partial charge in [0.15, 0.2) is 0 Å². The number of halogens is 1. The zero-order valence-corrected chi connectivity index (χ0v) is 19.5. The first-order valence-electron chi connectivity index (χ1n) is 11.5. The van der Waals surface area contributed by atoms with Crippen LogP contribution in [0.2, 0.25) is 0 Å². The predicted molar refractivity (Wildman–Crippen MR) is 136 cm³/mol. The summed E-state index contributed by atoms with van der Waals surface area (Å²) in [5.41, 5.74) is 6.27. The summed E-state index contributed by atoms with van der Waals surface area (Å²) in [6.07, 6.45) is 4.59. The molecule has 0 aliphatic heterocycles. The number of rotatable bonds is 7. The van der Waals surface area contributed by atoms with Gasteiger partial charge in [-0.15, -0.1) is 5.10 Å². The molecule has 1 heterocycles. The molecule has 36 heavy (non-hydrogen) atoms. The molecule has 2 N–H and O–H groups in total. The number of H-pyrrole nitrogens is 1. The smallest absolute Gasteiger partial charge is 0.328 e. The van der Waals surface area contributed by atoms with E-state index in [1.54, 1.807) is 25.3 Å². The summed E-state index contributed by atoms with van der Waals surface area (Å²) in [5, 5.41) is 25.7. The number of methoxy groups -OCH3 is 1. The normalized spacial score (nSPS) is 14.0. The molecule has 0 bridgehead atoms. The number of nitrogens with zero attached hydrogens (tertiary/aromatic N) is 2. The van der Waals surface area contributed by atoms with Crippen molar-refractivity contribution >= 4 is 34.1 Å². The van der Waals surface area contributed by atoms with E-state index in [0.29, 0.717) is 22.2 Å². The van der Waals surface area contributed by atoms with Crippen LogP contribution >= 0.6 is 0 Å². The third-order valence-corrected chi connectivity index (χ3v) is 6.32. The van der Waals surface area contributed by atoms with Crippen LogP contribution in [0.1, 0.15) is 40.7 Å². The van der Waals surface area contributed by atoms with Crippen molar-refractivity contribution in [1.82, 2.24) is 10.2 Å². The largest absolute Gasteiger partial charge is 0.497 e. The van der Waals surface area contributed by atoms with Crippen LogP contribution in [0.5, 0.6) is 5.75 Å². The van der Waals surface area contributed by atoms with E-state index in [2.05, 4.69) is 16.3 Å². The number of allylic oxidation sites excluding steroid dienone is 1. The van der Waals surface area contributed by atoms with Crippen LogP contribution in [0.3, 0.4) is 0 Å². The molecule has 1 saturated carbocycles. The fraction of sp³-hybridized carbons (Fsp3) is 0.138. The molecule has 0 amide bonds. The van der Waals surface area contributed by atoms with Gasteiger partial charge in [-0.25, -0.2) is 4.79 Å². The highest BCUT2D eigenvalue weighted by atomic mass is 19.1. The molecule has 0 atom stereocenters. The number of fused-ring (bicyclic) bond motifs is 1. The van der Waals surface area contributed by atoms with Crippen LogP contribution in [0.4, 0.5) is 4.39 Å². The second kappa shape index (κ2) is 9.51. The summed E-state index contributed by atoms with van der Waals surface area (Å²) >= 11 is 0. The van der Waals surface area contributed by atoms with Gasteiger partial charge in [0.25, 0.3) is 0 Å². The molecule has 1 aromatic heterocycles. The summed E-state index contributed by atoms with van der Waals surface area (Å²) < 4.78 is 19.8. The minimum atomic E-state index is -1.02. The monoisotopic (exact) mass is 479 g/mol. The van der Waals surface area contributed by atoms with Crippen molar-refractivity contribution in [3.8, 4) is 11.8 Å². The van der Waals surface area contributed by atoms with Crippen molar-refractivity contribution in [2.45, 2.75) is 12.8 Å². The van der Waals surface area contributed by atoms with Crippen molar-refractivity contribution in [2.24, 2.45) is 5.92 Å². The molecule has 0 saturated heterocycles. The number of aliphatic carboxylic acids is 1. The molecular weight excluding hydrogens is 457 g/mol. The molecule has 5 rings (SSSR count). The second-order valence-electron chi connectivity index (χ2n) is 8.65. The maximum absolute atomic E-state index is 14.4. The van der Waals surface area contributed by atoms with E-state index in [-0.39, 0.29) is 5.92 Å². The molecule has 0 radical (unpaired) electrons. The first kappa shape index (κ1) is 23.1. The van der Waals surface area contributed by atoms with Crippen molar-refractivity contribution in [3.05, 3.63) is 101 Å². The molecule has 1 aliphatic rings. The van der Waals surface area contributed by atoms with Crippen LogP contribution in [-0.4, -0.2) is 28.4 Å². The third-order valence-electron chi connectivity index (χ3n) is 6.32. The number of hydrogen-bond acceptors (Lipinski definition) is 4. The highest BCUT2D eigenvalue weighted by Gasteiger charge is 2.32. The number of aromatic amines is 1. The van der Waals surface area contributed by atoms with Gasteiger partial charge in [-0.2, -0.15) is 9.65 Å². The number of ether oxygens (including phenoxy) is 1. The molecule has 7 heteroatoms. The van der Waals surface area contributed by atoms with Crippen molar-refractivity contribution in [1.29, 1.82) is 5.26 Å². The van der Waals surface area contributed by atoms with Gasteiger partial charge >= 0.3 is 5.97 Å². The zero-order valence-electron chi connectivity index (χ0n) is 19.5. The average Bonchev–Trinajstić information content (AvgIpc) is 3.68. The lowest BCUT2D eigenvalue weighted by molar-refractivity contribution is -0.131. The summed E-state index contributed by atoms with van der Waals surface area (Å²) in [7, 11) is 1.56. The van der Waals surface area contributed by atoms with Gasteiger partial charge < -0.3 is 9.84 Å². The maximum atomic E-state index is 14.4. The minimum Gasteiger partial charge on any atom is -0.497 e. The van der Waals surface area contributed by atoms with Crippen LogP contribution < -0.4 is 4.74 Å². The fourth-order valence-corrected chi connectivity index (χ4v) is 4.45. The average molecular weight is 480 g/mol. The number of hydrogen-bond donors (Lipinski definition) is 2. The zero-order chi connectivity index (χ0) is 25.2. The van der Waals surface area contributed by atoms with Crippen molar-refractivity contribution in [3.63, 3.8) is 0 Å². The van der Waals surface area contributed by atoms with Gasteiger partial charge in [-0.05, 0) is 88.6 Å². The lowest BCUT2D eigenvalue weighted by Gasteiger charge is -2.19. The van der Waals surface area contributed by atoms with Gasteiger partial charge in [-0.3, -0.25) is 5.10 Å². The Hall–Kier alpha value is -4.70. The first-order chi connectivity index (χ1) is 17.5. The highest BCUT2D eigenvalue weighted by molar-refractivity contribution is 6.02. The van der Waals surface area contributed by atoms with E-state index in [1.807, 2.05) is 42.5 Å².